The standard InChI is InChI=1S/C19H15.C15H17N2.Hf/c1-4-10-16(11-5-1)19(17-12-6-2-7-13-17)18-14-8-3-9-15-18;1-11-8-12(2)15(13(3)9-11)17-10-14-6-4-5-7-16-14;/h1-15H;4-9H,10H2,1-3H3;/q;-1;+1. The van der Waals surface area contributed by atoms with Crippen molar-refractivity contribution in [3.05, 3.63) is 167 Å². The van der Waals surface area contributed by atoms with Crippen LogP contribution in [0.2, 0.25) is 0 Å². The molecule has 0 amide bonds. The first-order chi connectivity index (χ1) is 18.1. The van der Waals surface area contributed by atoms with Gasteiger partial charge in [0, 0.05) is 0 Å². The van der Waals surface area contributed by atoms with Crippen LogP contribution >= 0.6 is 0 Å². The molecule has 0 N–H and O–H groups in total. The van der Waals surface area contributed by atoms with Gasteiger partial charge in [0.2, 0.25) is 0 Å². The molecule has 0 spiro atoms. The number of aromatic nitrogens is 1. The van der Waals surface area contributed by atoms with E-state index in [0.717, 1.165) is 12.2 Å². The van der Waals surface area contributed by atoms with E-state index in [0.29, 0.717) is 0 Å². The Bertz CT molecular complexity index is 1320. The first-order valence-corrected chi connectivity index (χ1v) is 16.2. The van der Waals surface area contributed by atoms with Crippen molar-refractivity contribution < 1.29 is 23.2 Å². The Morgan fingerprint density at radius 3 is 1.51 bits per heavy atom. The zero-order valence-electron chi connectivity index (χ0n) is 21.7. The molecule has 0 aliphatic rings. The molecule has 0 saturated heterocycles. The van der Waals surface area contributed by atoms with E-state index in [2.05, 4.69) is 139 Å². The third-order valence-electron chi connectivity index (χ3n) is 6.87. The summed E-state index contributed by atoms with van der Waals surface area (Å²) < 4.78 is 2.54. The second kappa shape index (κ2) is 11.4. The average molecular weight is 647 g/mol. The second-order valence-corrected chi connectivity index (χ2v) is 15.1. The number of pyridine rings is 1. The van der Waals surface area contributed by atoms with Crippen LogP contribution in [0.1, 0.15) is 39.1 Å². The summed E-state index contributed by atoms with van der Waals surface area (Å²) in [6, 6.07) is 44.3. The fourth-order valence-electron chi connectivity index (χ4n) is 5.39. The van der Waals surface area contributed by atoms with Gasteiger partial charge in [-0.3, -0.25) is 0 Å². The molecule has 1 heterocycles. The van der Waals surface area contributed by atoms with Crippen molar-refractivity contribution in [2.75, 3.05) is 2.89 Å². The molecule has 0 bridgehead atoms. The molecule has 0 unspecified atom stereocenters. The van der Waals surface area contributed by atoms with Gasteiger partial charge in [-0.25, -0.2) is 0 Å². The molecule has 1 aromatic heterocycles. The van der Waals surface area contributed by atoms with Gasteiger partial charge in [-0.15, -0.1) is 0 Å². The van der Waals surface area contributed by atoms with Gasteiger partial charge in [0.15, 0.2) is 0 Å². The first-order valence-electron chi connectivity index (χ1n) is 12.8. The number of nitrogens with zero attached hydrogens (tertiary/aromatic N) is 2. The van der Waals surface area contributed by atoms with Crippen LogP contribution in [-0.2, 0) is 32.9 Å². The van der Waals surface area contributed by atoms with E-state index in [1.165, 1.54) is 39.1 Å². The van der Waals surface area contributed by atoms with Gasteiger partial charge in [-0.05, 0) is 0 Å². The van der Waals surface area contributed by atoms with Crippen LogP contribution in [0.25, 0.3) is 0 Å². The normalized spacial score (nSPS) is 11.2. The van der Waals surface area contributed by atoms with Crippen LogP contribution in [0.15, 0.2) is 128 Å². The Balaban J connectivity index is 1.77. The summed E-state index contributed by atoms with van der Waals surface area (Å²) in [4.78, 5) is 4.76. The number of rotatable bonds is 8. The maximum atomic E-state index is 4.76. The predicted molar refractivity (Wildman–Crippen MR) is 150 cm³/mol. The van der Waals surface area contributed by atoms with Gasteiger partial charge in [0.1, 0.15) is 0 Å². The molecule has 0 atom stereocenters. The third kappa shape index (κ3) is 5.38. The summed E-state index contributed by atoms with van der Waals surface area (Å²) >= 11 is -1.80. The van der Waals surface area contributed by atoms with E-state index in [1.807, 2.05) is 12.3 Å². The van der Waals surface area contributed by atoms with Gasteiger partial charge < -0.3 is 0 Å². The Kier molecular flexibility index (Phi) is 7.81. The average Bonchev–Trinajstić information content (AvgIpc) is 2.93. The summed E-state index contributed by atoms with van der Waals surface area (Å²) in [6.07, 6.45) is 1.91. The summed E-state index contributed by atoms with van der Waals surface area (Å²) in [5.41, 5.74) is 10.6. The van der Waals surface area contributed by atoms with Gasteiger partial charge in [-0.2, -0.15) is 0 Å². The minimum absolute atomic E-state index is 0.192. The summed E-state index contributed by atoms with van der Waals surface area (Å²) in [5.74, 6) is 0. The van der Waals surface area contributed by atoms with Crippen LogP contribution in [0.5, 0.6) is 0 Å². The van der Waals surface area contributed by atoms with Crippen molar-refractivity contribution in [2.45, 2.75) is 30.5 Å². The topological polar surface area (TPSA) is 16.1 Å². The minimum atomic E-state index is -1.80. The Morgan fingerprint density at radius 2 is 1.08 bits per heavy atom. The Hall–Kier alpha value is -3.30. The summed E-state index contributed by atoms with van der Waals surface area (Å²) in [5, 5.41) is 0. The van der Waals surface area contributed by atoms with E-state index >= 15 is 0 Å². The van der Waals surface area contributed by atoms with Crippen LogP contribution in [0.3, 0.4) is 0 Å². The fraction of sp³-hybridized carbons (Fsp3) is 0.147. The van der Waals surface area contributed by atoms with E-state index in [9.17, 15) is 0 Å². The number of benzene rings is 4. The van der Waals surface area contributed by atoms with Crippen molar-refractivity contribution >= 4 is 5.69 Å². The molecule has 4 aromatic carbocycles. The zero-order chi connectivity index (χ0) is 25.7. The summed E-state index contributed by atoms with van der Waals surface area (Å²) in [7, 11) is 0. The molecule has 0 aliphatic carbocycles. The SMILES string of the molecule is Cc1cc(C)c([N](Cc2ccccn2)[Hf][C](c2ccccc2)(c2ccccc2)c2ccccc2)c(C)c1. The molecule has 5 aromatic rings. The van der Waals surface area contributed by atoms with Gasteiger partial charge in [0.05, 0.1) is 0 Å². The third-order valence-corrected chi connectivity index (χ3v) is 13.5. The van der Waals surface area contributed by atoms with Crippen molar-refractivity contribution in [1.29, 1.82) is 0 Å². The van der Waals surface area contributed by atoms with Crippen LogP contribution < -0.4 is 2.89 Å². The Morgan fingerprint density at radius 1 is 0.622 bits per heavy atom. The van der Waals surface area contributed by atoms with Crippen LogP contribution in [0, 0.1) is 20.8 Å². The number of hydrogen-bond acceptors (Lipinski definition) is 2. The molecule has 3 heteroatoms. The maximum absolute atomic E-state index is 4.76. The first kappa shape index (κ1) is 25.4. The van der Waals surface area contributed by atoms with Crippen molar-refractivity contribution in [1.82, 2.24) is 4.98 Å². The molecule has 5 rings (SSSR count). The fourth-order valence-corrected chi connectivity index (χ4v) is 12.6. The molecule has 37 heavy (non-hydrogen) atoms. The number of anilines is 1. The molecule has 0 aliphatic heterocycles. The zero-order valence-corrected chi connectivity index (χ0v) is 25.3. The van der Waals surface area contributed by atoms with Crippen molar-refractivity contribution in [2.24, 2.45) is 0 Å². The van der Waals surface area contributed by atoms with E-state index < -0.39 is 23.2 Å². The van der Waals surface area contributed by atoms with Gasteiger partial charge >= 0.3 is 234 Å². The van der Waals surface area contributed by atoms with Crippen molar-refractivity contribution in [3.63, 3.8) is 0 Å². The molecular formula is C34H32HfN2. The number of hydrogen-bond donors (Lipinski definition) is 0. The van der Waals surface area contributed by atoms with Gasteiger partial charge in [-0.1, -0.05) is 0 Å². The van der Waals surface area contributed by atoms with E-state index in [-0.39, 0.29) is 3.17 Å². The monoisotopic (exact) mass is 648 g/mol. The van der Waals surface area contributed by atoms with E-state index in [4.69, 9.17) is 4.98 Å². The van der Waals surface area contributed by atoms with E-state index in [1.54, 1.807) is 0 Å². The quantitative estimate of drug-likeness (QED) is 0.125. The second-order valence-electron chi connectivity index (χ2n) is 9.61. The predicted octanol–water partition coefficient (Wildman–Crippen LogP) is 8.00. The van der Waals surface area contributed by atoms with Gasteiger partial charge in [0.25, 0.3) is 0 Å². The molecule has 182 valence electrons. The van der Waals surface area contributed by atoms with Crippen LogP contribution in [-0.4, -0.2) is 4.98 Å². The molecule has 0 fully saturated rings. The van der Waals surface area contributed by atoms with Crippen LogP contribution in [0.4, 0.5) is 5.69 Å². The molecule has 0 saturated carbocycles. The summed E-state index contributed by atoms with van der Waals surface area (Å²) in [6.45, 7) is 7.53. The number of aryl methyl sites for hydroxylation is 3. The molecular weight excluding hydrogens is 615 g/mol. The molecule has 2 nitrogen and oxygen atoms in total. The van der Waals surface area contributed by atoms with Crippen molar-refractivity contribution in [3.8, 4) is 0 Å². The Labute approximate surface area is 232 Å². The molecule has 0 radical (unpaired) electrons.